The topological polar surface area (TPSA) is 76.3 Å². The third kappa shape index (κ3) is 5.63. The fourth-order valence-corrected chi connectivity index (χ4v) is 3.03. The maximum Gasteiger partial charge on any atom is 0.250 e. The van der Waals surface area contributed by atoms with Gasteiger partial charge in [-0.2, -0.15) is 4.98 Å². The summed E-state index contributed by atoms with van der Waals surface area (Å²) in [5.41, 5.74) is 1.93. The molecule has 7 nitrogen and oxygen atoms in total. The van der Waals surface area contributed by atoms with Crippen LogP contribution in [0.4, 0.5) is 0 Å². The molecule has 0 saturated carbocycles. The van der Waals surface area contributed by atoms with E-state index in [1.807, 2.05) is 54.6 Å². The molecule has 1 fully saturated rings. The molecule has 3 heterocycles. The summed E-state index contributed by atoms with van der Waals surface area (Å²) in [6, 6.07) is 13.8. The van der Waals surface area contributed by atoms with Gasteiger partial charge in [-0.05, 0) is 43.0 Å². The average Bonchev–Trinajstić information content (AvgIpc) is 3.21. The lowest BCUT2D eigenvalue weighted by Gasteiger charge is -2.30. The number of nitrogens with one attached hydrogen (secondary N) is 1. The van der Waals surface area contributed by atoms with Crippen LogP contribution in [-0.4, -0.2) is 46.7 Å². The van der Waals surface area contributed by atoms with Crippen molar-refractivity contribution in [1.82, 2.24) is 25.3 Å². The first-order chi connectivity index (χ1) is 13.8. The maximum atomic E-state index is 5.75. The summed E-state index contributed by atoms with van der Waals surface area (Å²) in [5.74, 6) is 2.02. The Morgan fingerprint density at radius 1 is 1.21 bits per heavy atom. The summed E-state index contributed by atoms with van der Waals surface area (Å²) in [5, 5.41) is 7.48. The number of nitrogens with zero attached hydrogens (tertiary/aromatic N) is 4. The minimum atomic E-state index is 0. The van der Waals surface area contributed by atoms with E-state index in [0.29, 0.717) is 18.3 Å². The van der Waals surface area contributed by atoms with Crippen LogP contribution < -0.4 is 10.1 Å². The first-order valence-electron chi connectivity index (χ1n) is 9.33. The quantitative estimate of drug-likeness (QED) is 0.664. The number of hydrogen-bond donors (Lipinski definition) is 1. The van der Waals surface area contributed by atoms with Crippen LogP contribution in [0.5, 0.6) is 5.75 Å². The van der Waals surface area contributed by atoms with Crippen molar-refractivity contribution >= 4 is 24.6 Å². The standard InChI is InChI=1S/C21H23N5O2.ClH/c1-26-13-12-22-14-19(26)21-24-20(28-25-21)10-7-16-5-8-18(9-6-16)27-15-17-4-2-3-11-23-17;/h2-11,19,22H,12-15H2,1H3;1H/b10-7+;. The monoisotopic (exact) mass is 413 g/mol. The second-order valence-corrected chi connectivity index (χ2v) is 6.70. The van der Waals surface area contributed by atoms with Crippen LogP contribution in [0.3, 0.4) is 0 Å². The number of hydrogen-bond acceptors (Lipinski definition) is 7. The van der Waals surface area contributed by atoms with E-state index in [1.165, 1.54) is 0 Å². The van der Waals surface area contributed by atoms with Gasteiger partial charge in [0.15, 0.2) is 5.82 Å². The van der Waals surface area contributed by atoms with Gasteiger partial charge in [-0.25, -0.2) is 0 Å². The van der Waals surface area contributed by atoms with Crippen molar-refractivity contribution in [1.29, 1.82) is 0 Å². The molecule has 1 aliphatic rings. The van der Waals surface area contributed by atoms with Crippen molar-refractivity contribution in [2.24, 2.45) is 0 Å². The van der Waals surface area contributed by atoms with Crippen LogP contribution >= 0.6 is 12.4 Å². The van der Waals surface area contributed by atoms with Gasteiger partial charge in [-0.3, -0.25) is 9.88 Å². The first kappa shape index (κ1) is 21.0. The minimum absolute atomic E-state index is 0. The second kappa shape index (κ2) is 10.2. The van der Waals surface area contributed by atoms with E-state index in [9.17, 15) is 0 Å². The number of likely N-dealkylation sites (N-methyl/N-ethyl adjacent to an activating group) is 1. The van der Waals surface area contributed by atoms with Gasteiger partial charge in [-0.1, -0.05) is 23.4 Å². The first-order valence-corrected chi connectivity index (χ1v) is 9.33. The highest BCUT2D eigenvalue weighted by atomic mass is 35.5. The summed E-state index contributed by atoms with van der Waals surface area (Å²) in [4.78, 5) is 11.0. The van der Waals surface area contributed by atoms with Gasteiger partial charge in [0, 0.05) is 31.9 Å². The average molecular weight is 414 g/mol. The number of halogens is 1. The molecule has 1 saturated heterocycles. The van der Waals surface area contributed by atoms with Crippen LogP contribution in [0.15, 0.2) is 53.2 Å². The Morgan fingerprint density at radius 3 is 2.83 bits per heavy atom. The van der Waals surface area contributed by atoms with Gasteiger partial charge in [0.05, 0.1) is 11.7 Å². The molecule has 1 aliphatic heterocycles. The van der Waals surface area contributed by atoms with Crippen molar-refractivity contribution < 1.29 is 9.26 Å². The van der Waals surface area contributed by atoms with E-state index in [-0.39, 0.29) is 18.4 Å². The number of rotatable bonds is 6. The van der Waals surface area contributed by atoms with Crippen molar-refractivity contribution in [3.05, 3.63) is 71.6 Å². The van der Waals surface area contributed by atoms with E-state index < -0.39 is 0 Å². The van der Waals surface area contributed by atoms with Gasteiger partial charge in [0.2, 0.25) is 0 Å². The summed E-state index contributed by atoms with van der Waals surface area (Å²) < 4.78 is 11.1. The molecule has 0 bridgehead atoms. The van der Waals surface area contributed by atoms with Crippen molar-refractivity contribution in [2.45, 2.75) is 12.6 Å². The minimum Gasteiger partial charge on any atom is -0.487 e. The van der Waals surface area contributed by atoms with Crippen LogP contribution in [0, 0.1) is 0 Å². The highest BCUT2D eigenvalue weighted by Gasteiger charge is 2.24. The lowest BCUT2D eigenvalue weighted by Crippen LogP contribution is -2.44. The fourth-order valence-electron chi connectivity index (χ4n) is 3.03. The Bertz CT molecular complexity index is 914. The van der Waals surface area contributed by atoms with Gasteiger partial charge in [0.25, 0.3) is 5.89 Å². The molecule has 1 unspecified atom stereocenters. The van der Waals surface area contributed by atoms with Gasteiger partial charge in [0.1, 0.15) is 12.4 Å². The third-order valence-electron chi connectivity index (χ3n) is 4.68. The molecule has 1 atom stereocenters. The molecule has 0 amide bonds. The van der Waals surface area contributed by atoms with Crippen molar-refractivity contribution in [3.8, 4) is 5.75 Å². The Kier molecular flexibility index (Phi) is 7.35. The van der Waals surface area contributed by atoms with Gasteiger partial charge in [-0.15, -0.1) is 12.4 Å². The zero-order chi connectivity index (χ0) is 19.2. The molecule has 29 heavy (non-hydrogen) atoms. The van der Waals surface area contributed by atoms with Crippen molar-refractivity contribution in [2.75, 3.05) is 26.7 Å². The van der Waals surface area contributed by atoms with E-state index >= 15 is 0 Å². The predicted octanol–water partition coefficient (Wildman–Crippen LogP) is 3.21. The largest absolute Gasteiger partial charge is 0.487 e. The van der Waals surface area contributed by atoms with Gasteiger partial charge >= 0.3 is 0 Å². The molecule has 0 radical (unpaired) electrons. The fraction of sp³-hybridized carbons (Fsp3) is 0.286. The van der Waals surface area contributed by atoms with E-state index in [4.69, 9.17) is 9.26 Å². The number of pyridine rings is 1. The summed E-state index contributed by atoms with van der Waals surface area (Å²) in [6.07, 6.45) is 5.54. The maximum absolute atomic E-state index is 5.75. The summed E-state index contributed by atoms with van der Waals surface area (Å²) in [7, 11) is 2.08. The Balaban J connectivity index is 0.00000240. The number of ether oxygens (including phenoxy) is 1. The van der Waals surface area contributed by atoms with E-state index in [2.05, 4.69) is 32.4 Å². The van der Waals surface area contributed by atoms with Crippen LogP contribution in [0.1, 0.15) is 29.0 Å². The van der Waals surface area contributed by atoms with Crippen LogP contribution in [0.25, 0.3) is 12.2 Å². The zero-order valence-electron chi connectivity index (χ0n) is 16.2. The highest BCUT2D eigenvalue weighted by molar-refractivity contribution is 5.85. The van der Waals surface area contributed by atoms with E-state index in [1.54, 1.807) is 6.20 Å². The molecular weight excluding hydrogens is 390 g/mol. The number of benzene rings is 1. The second-order valence-electron chi connectivity index (χ2n) is 6.70. The molecule has 1 aromatic carbocycles. The lowest BCUT2D eigenvalue weighted by molar-refractivity contribution is 0.190. The van der Waals surface area contributed by atoms with Crippen molar-refractivity contribution in [3.63, 3.8) is 0 Å². The van der Waals surface area contributed by atoms with Gasteiger partial charge < -0.3 is 14.6 Å². The molecule has 8 heteroatoms. The Labute approximate surface area is 176 Å². The van der Waals surface area contributed by atoms with Crippen LogP contribution in [0.2, 0.25) is 0 Å². The smallest absolute Gasteiger partial charge is 0.250 e. The molecule has 2 aromatic heterocycles. The molecule has 0 spiro atoms. The zero-order valence-corrected chi connectivity index (χ0v) is 17.0. The molecule has 0 aliphatic carbocycles. The van der Waals surface area contributed by atoms with Crippen LogP contribution in [-0.2, 0) is 6.61 Å². The SMILES string of the molecule is CN1CCNCC1c1noc(/C=C/c2ccc(OCc3ccccn3)cc2)n1.Cl. The highest BCUT2D eigenvalue weighted by Crippen LogP contribution is 2.19. The van der Waals surface area contributed by atoms with E-state index in [0.717, 1.165) is 36.6 Å². The lowest BCUT2D eigenvalue weighted by atomic mass is 10.2. The predicted molar refractivity (Wildman–Crippen MR) is 114 cm³/mol. The Morgan fingerprint density at radius 2 is 2.07 bits per heavy atom. The molecule has 4 rings (SSSR count). The number of piperazine rings is 1. The molecule has 152 valence electrons. The third-order valence-corrected chi connectivity index (χ3v) is 4.68. The molecule has 3 aromatic rings. The number of aromatic nitrogens is 3. The molecule has 1 N–H and O–H groups in total. The summed E-state index contributed by atoms with van der Waals surface area (Å²) >= 11 is 0. The normalized spacial score (nSPS) is 17.2. The Hall–Kier alpha value is -2.74. The summed E-state index contributed by atoms with van der Waals surface area (Å²) in [6.45, 7) is 3.24. The molecular formula is C21H24ClN5O2.